The zero-order chi connectivity index (χ0) is 12.6. The highest BCUT2D eigenvalue weighted by Gasteiger charge is 2.30. The predicted octanol–water partition coefficient (Wildman–Crippen LogP) is 1.75. The van der Waals surface area contributed by atoms with Crippen LogP contribution in [0.3, 0.4) is 0 Å². The summed E-state index contributed by atoms with van der Waals surface area (Å²) in [5, 5.41) is 8.76. The summed E-state index contributed by atoms with van der Waals surface area (Å²) in [5.74, 6) is 0.0501. The molecule has 1 aliphatic carbocycles. The first-order chi connectivity index (χ1) is 7.97. The van der Waals surface area contributed by atoms with Crippen LogP contribution < -0.4 is 0 Å². The maximum Gasteiger partial charge on any atom is 0.303 e. The molecule has 1 atom stereocenters. The van der Waals surface area contributed by atoms with Gasteiger partial charge in [0.1, 0.15) is 11.5 Å². The quantitative estimate of drug-likeness (QED) is 0.837. The van der Waals surface area contributed by atoms with Crippen LogP contribution >= 0.6 is 0 Å². The Morgan fingerprint density at radius 2 is 2.24 bits per heavy atom. The van der Waals surface area contributed by atoms with Crippen molar-refractivity contribution < 1.29 is 14.7 Å². The summed E-state index contributed by atoms with van der Waals surface area (Å²) >= 11 is 0. The Labute approximate surface area is 99.3 Å². The molecule has 0 spiro atoms. The zero-order valence-corrected chi connectivity index (χ0v) is 9.99. The second kappa shape index (κ2) is 4.31. The van der Waals surface area contributed by atoms with E-state index in [-0.39, 0.29) is 24.0 Å². The maximum atomic E-state index is 11.8. The molecule has 0 saturated heterocycles. The van der Waals surface area contributed by atoms with Gasteiger partial charge in [-0.2, -0.15) is 0 Å². The number of carboxylic acids is 1. The van der Waals surface area contributed by atoms with E-state index in [0.717, 1.165) is 11.5 Å². The van der Waals surface area contributed by atoms with Gasteiger partial charge in [-0.3, -0.25) is 9.59 Å². The molecule has 0 bridgehead atoms. The van der Waals surface area contributed by atoms with Crippen LogP contribution in [0, 0.1) is 5.92 Å². The number of carboxylic acid groups (broad SMARTS) is 1. The summed E-state index contributed by atoms with van der Waals surface area (Å²) in [6.45, 7) is 4.01. The highest BCUT2D eigenvalue weighted by Crippen LogP contribution is 2.27. The lowest BCUT2D eigenvalue weighted by Crippen LogP contribution is -2.22. The fraction of sp³-hybridized carbons (Fsp3) is 0.583. The number of aliphatic carboxylic acids is 1. The van der Waals surface area contributed by atoms with Crippen molar-refractivity contribution in [1.29, 1.82) is 0 Å². The van der Waals surface area contributed by atoms with Crippen molar-refractivity contribution in [3.05, 3.63) is 17.2 Å². The van der Waals surface area contributed by atoms with Gasteiger partial charge in [-0.15, -0.1) is 0 Å². The molecule has 2 N–H and O–H groups in total. The number of Topliss-reactive ketones (excluding diaryl/α,β-unsaturated/α-hetero) is 1. The molecule has 1 heterocycles. The number of aromatic amines is 1. The van der Waals surface area contributed by atoms with Gasteiger partial charge in [0.05, 0.1) is 0 Å². The summed E-state index contributed by atoms with van der Waals surface area (Å²) in [5.41, 5.74) is 1.31. The Morgan fingerprint density at radius 3 is 2.82 bits per heavy atom. The van der Waals surface area contributed by atoms with Crippen LogP contribution in [0.25, 0.3) is 0 Å². The van der Waals surface area contributed by atoms with E-state index < -0.39 is 5.97 Å². The van der Waals surface area contributed by atoms with Crippen LogP contribution in [0.2, 0.25) is 0 Å². The van der Waals surface area contributed by atoms with Crippen molar-refractivity contribution in [1.82, 2.24) is 9.97 Å². The highest BCUT2D eigenvalue weighted by atomic mass is 16.4. The first-order valence-electron chi connectivity index (χ1n) is 5.81. The third-order valence-electron chi connectivity index (χ3n) is 3.04. The van der Waals surface area contributed by atoms with E-state index in [1.165, 1.54) is 0 Å². The average molecular weight is 236 g/mol. The average Bonchev–Trinajstić information content (AvgIpc) is 2.60. The van der Waals surface area contributed by atoms with Gasteiger partial charge in [0.15, 0.2) is 5.78 Å². The lowest BCUT2D eigenvalue weighted by atomic mass is 9.87. The molecule has 0 aromatic carbocycles. The van der Waals surface area contributed by atoms with E-state index >= 15 is 0 Å². The SMILES string of the molecule is CC(C)c1nc2c([nH]1)CC(CC(=O)O)CC2=O. The summed E-state index contributed by atoms with van der Waals surface area (Å²) < 4.78 is 0. The summed E-state index contributed by atoms with van der Waals surface area (Å²) in [6, 6.07) is 0. The van der Waals surface area contributed by atoms with E-state index in [2.05, 4.69) is 9.97 Å². The normalized spacial score (nSPS) is 19.5. The largest absolute Gasteiger partial charge is 0.481 e. The van der Waals surface area contributed by atoms with Gasteiger partial charge in [0, 0.05) is 24.5 Å². The van der Waals surface area contributed by atoms with E-state index in [4.69, 9.17) is 5.11 Å². The number of carbonyl (C=O) groups excluding carboxylic acids is 1. The first-order valence-corrected chi connectivity index (χ1v) is 5.81. The van der Waals surface area contributed by atoms with Crippen LogP contribution in [-0.2, 0) is 11.2 Å². The number of fused-ring (bicyclic) bond motifs is 1. The van der Waals surface area contributed by atoms with Crippen molar-refractivity contribution in [2.75, 3.05) is 0 Å². The number of rotatable bonds is 3. The molecular weight excluding hydrogens is 220 g/mol. The molecule has 0 amide bonds. The Balaban J connectivity index is 2.24. The minimum absolute atomic E-state index is 0.0411. The molecule has 5 nitrogen and oxygen atoms in total. The van der Waals surface area contributed by atoms with Crippen LogP contribution in [-0.4, -0.2) is 26.8 Å². The summed E-state index contributed by atoms with van der Waals surface area (Å²) in [4.78, 5) is 29.9. The van der Waals surface area contributed by atoms with Crippen molar-refractivity contribution in [2.24, 2.45) is 5.92 Å². The minimum Gasteiger partial charge on any atom is -0.481 e. The van der Waals surface area contributed by atoms with Crippen molar-refractivity contribution in [3.63, 3.8) is 0 Å². The molecule has 0 saturated carbocycles. The molecule has 1 unspecified atom stereocenters. The van der Waals surface area contributed by atoms with Gasteiger partial charge in [-0.05, 0) is 12.3 Å². The number of nitrogens with zero attached hydrogens (tertiary/aromatic N) is 1. The maximum absolute atomic E-state index is 11.8. The van der Waals surface area contributed by atoms with Gasteiger partial charge < -0.3 is 10.1 Å². The van der Waals surface area contributed by atoms with Gasteiger partial charge in [0.2, 0.25) is 0 Å². The Bertz CT molecular complexity index is 462. The molecule has 2 rings (SSSR count). The standard InChI is InChI=1S/C12H16N2O3/c1-6(2)12-13-8-3-7(5-10(16)17)4-9(15)11(8)14-12/h6-7H,3-5H2,1-2H3,(H,13,14)(H,16,17). The molecule has 5 heteroatoms. The van der Waals surface area contributed by atoms with Crippen LogP contribution in [0.5, 0.6) is 0 Å². The lowest BCUT2D eigenvalue weighted by molar-refractivity contribution is -0.138. The Hall–Kier alpha value is -1.65. The monoisotopic (exact) mass is 236 g/mol. The van der Waals surface area contributed by atoms with Gasteiger partial charge in [0.25, 0.3) is 0 Å². The van der Waals surface area contributed by atoms with Crippen LogP contribution in [0.4, 0.5) is 0 Å². The number of hydrogen-bond donors (Lipinski definition) is 2. The smallest absolute Gasteiger partial charge is 0.303 e. The molecule has 0 aliphatic heterocycles. The molecule has 1 aliphatic rings. The molecular formula is C12H16N2O3. The van der Waals surface area contributed by atoms with Crippen LogP contribution in [0.1, 0.15) is 54.6 Å². The number of hydrogen-bond acceptors (Lipinski definition) is 3. The van der Waals surface area contributed by atoms with Crippen molar-refractivity contribution >= 4 is 11.8 Å². The molecule has 1 aromatic heterocycles. The summed E-state index contributed by atoms with van der Waals surface area (Å²) in [7, 11) is 0. The number of imidazole rings is 1. The molecule has 0 fully saturated rings. The predicted molar refractivity (Wildman–Crippen MR) is 61.1 cm³/mol. The number of H-pyrrole nitrogens is 1. The van der Waals surface area contributed by atoms with Crippen molar-refractivity contribution in [3.8, 4) is 0 Å². The first kappa shape index (κ1) is 11.8. The van der Waals surface area contributed by atoms with E-state index in [1.807, 2.05) is 13.8 Å². The molecule has 92 valence electrons. The second-order valence-corrected chi connectivity index (χ2v) is 4.90. The lowest BCUT2D eigenvalue weighted by Gasteiger charge is -2.18. The third kappa shape index (κ3) is 2.38. The van der Waals surface area contributed by atoms with E-state index in [1.54, 1.807) is 0 Å². The topological polar surface area (TPSA) is 83.1 Å². The highest BCUT2D eigenvalue weighted by molar-refractivity contribution is 5.96. The second-order valence-electron chi connectivity index (χ2n) is 4.90. The number of carbonyl (C=O) groups is 2. The van der Waals surface area contributed by atoms with E-state index in [9.17, 15) is 9.59 Å². The van der Waals surface area contributed by atoms with Gasteiger partial charge in [-0.1, -0.05) is 13.8 Å². The van der Waals surface area contributed by atoms with Crippen LogP contribution in [0.15, 0.2) is 0 Å². The molecule has 0 radical (unpaired) electrons. The number of aromatic nitrogens is 2. The number of ketones is 1. The zero-order valence-electron chi connectivity index (χ0n) is 9.99. The Morgan fingerprint density at radius 1 is 1.53 bits per heavy atom. The van der Waals surface area contributed by atoms with Gasteiger partial charge in [-0.25, -0.2) is 4.98 Å². The van der Waals surface area contributed by atoms with Crippen molar-refractivity contribution in [2.45, 2.75) is 39.0 Å². The minimum atomic E-state index is -0.852. The third-order valence-corrected chi connectivity index (χ3v) is 3.04. The Kier molecular flexibility index (Phi) is 3.00. The van der Waals surface area contributed by atoms with E-state index in [0.29, 0.717) is 18.5 Å². The fourth-order valence-corrected chi connectivity index (χ4v) is 2.19. The van der Waals surface area contributed by atoms with Gasteiger partial charge >= 0.3 is 5.97 Å². The molecule has 17 heavy (non-hydrogen) atoms. The fourth-order valence-electron chi connectivity index (χ4n) is 2.19. The number of nitrogens with one attached hydrogen (secondary N) is 1. The molecule has 1 aromatic rings. The summed E-state index contributed by atoms with van der Waals surface area (Å²) in [6.07, 6.45) is 0.940.